The maximum atomic E-state index is 6.65. The Morgan fingerprint density at radius 1 is 0.512 bits per heavy atom. The quantitative estimate of drug-likeness (QED) is 0.162. The lowest BCUT2D eigenvalue weighted by Crippen LogP contribution is -2.61. The zero-order valence-corrected chi connectivity index (χ0v) is 24.7. The standard InChI is InChI=1S/C36H40O7/c1-37-31-20-18-30(19-21-31)25-40-33-32(26-39-22-27-12-6-3-7-13-27)43-36(38-2)35(42-24-29-16-10-5-11-17-29)34(33)41-23-28-14-8-4-9-15-28/h3-21,32-36H,22-26H2,1-2H3/t32-,33-,34+,35-,36+/m1/s1. The Balaban J connectivity index is 1.39. The molecule has 0 bridgehead atoms. The topological polar surface area (TPSA) is 64.6 Å². The summed E-state index contributed by atoms with van der Waals surface area (Å²) < 4.78 is 43.6. The van der Waals surface area contributed by atoms with Crippen molar-refractivity contribution in [2.75, 3.05) is 20.8 Å². The number of benzene rings is 4. The first-order valence-corrected chi connectivity index (χ1v) is 14.6. The second kappa shape index (κ2) is 16.3. The molecular weight excluding hydrogens is 544 g/mol. The molecule has 1 aliphatic heterocycles. The van der Waals surface area contributed by atoms with Gasteiger partial charge in [-0.1, -0.05) is 103 Å². The molecule has 4 aromatic carbocycles. The number of hydrogen-bond donors (Lipinski definition) is 0. The van der Waals surface area contributed by atoms with Crippen LogP contribution in [0.4, 0.5) is 0 Å². The van der Waals surface area contributed by atoms with E-state index in [9.17, 15) is 0 Å². The van der Waals surface area contributed by atoms with Crippen LogP contribution >= 0.6 is 0 Å². The van der Waals surface area contributed by atoms with Crippen molar-refractivity contribution < 1.29 is 33.2 Å². The molecule has 0 amide bonds. The summed E-state index contributed by atoms with van der Waals surface area (Å²) >= 11 is 0. The molecule has 1 fully saturated rings. The van der Waals surface area contributed by atoms with Gasteiger partial charge >= 0.3 is 0 Å². The van der Waals surface area contributed by atoms with Gasteiger partial charge in [0.1, 0.15) is 30.2 Å². The molecule has 1 aliphatic rings. The van der Waals surface area contributed by atoms with Crippen LogP contribution in [0.2, 0.25) is 0 Å². The molecule has 5 rings (SSSR count). The van der Waals surface area contributed by atoms with Gasteiger partial charge < -0.3 is 33.2 Å². The third-order valence-corrected chi connectivity index (χ3v) is 7.39. The van der Waals surface area contributed by atoms with Gasteiger partial charge in [-0.15, -0.1) is 0 Å². The van der Waals surface area contributed by atoms with Gasteiger partial charge in [0.2, 0.25) is 0 Å². The Kier molecular flexibility index (Phi) is 11.7. The van der Waals surface area contributed by atoms with Crippen LogP contribution in [0.25, 0.3) is 0 Å². The van der Waals surface area contributed by atoms with E-state index >= 15 is 0 Å². The zero-order chi connectivity index (χ0) is 29.7. The van der Waals surface area contributed by atoms with E-state index in [0.29, 0.717) is 33.0 Å². The van der Waals surface area contributed by atoms with Gasteiger partial charge in [0.05, 0.1) is 40.1 Å². The number of hydrogen-bond acceptors (Lipinski definition) is 7. The third kappa shape index (κ3) is 8.97. The van der Waals surface area contributed by atoms with Gasteiger partial charge in [-0.05, 0) is 34.4 Å². The van der Waals surface area contributed by atoms with Crippen molar-refractivity contribution in [3.8, 4) is 5.75 Å². The molecule has 0 saturated carbocycles. The summed E-state index contributed by atoms with van der Waals surface area (Å²) in [4.78, 5) is 0. The van der Waals surface area contributed by atoms with Crippen molar-refractivity contribution in [3.05, 3.63) is 138 Å². The van der Waals surface area contributed by atoms with Gasteiger partial charge in [0.15, 0.2) is 6.29 Å². The molecule has 4 aromatic rings. The highest BCUT2D eigenvalue weighted by molar-refractivity contribution is 5.26. The maximum absolute atomic E-state index is 6.65. The second-order valence-electron chi connectivity index (χ2n) is 10.4. The second-order valence-corrected chi connectivity index (χ2v) is 10.4. The van der Waals surface area contributed by atoms with Crippen LogP contribution in [0.3, 0.4) is 0 Å². The van der Waals surface area contributed by atoms with Gasteiger partial charge in [-0.25, -0.2) is 0 Å². The number of methoxy groups -OCH3 is 2. The van der Waals surface area contributed by atoms with E-state index < -0.39 is 30.7 Å². The maximum Gasteiger partial charge on any atom is 0.186 e. The summed E-state index contributed by atoms with van der Waals surface area (Å²) in [5.74, 6) is 0.790. The first-order chi connectivity index (χ1) is 21.2. The Bertz CT molecular complexity index is 1320. The van der Waals surface area contributed by atoms with Crippen molar-refractivity contribution in [1.29, 1.82) is 0 Å². The molecule has 7 nitrogen and oxygen atoms in total. The minimum absolute atomic E-state index is 0.290. The normalized spacial score (nSPS) is 21.9. The molecule has 7 heteroatoms. The molecule has 1 saturated heterocycles. The van der Waals surface area contributed by atoms with Crippen LogP contribution < -0.4 is 4.74 Å². The molecule has 43 heavy (non-hydrogen) atoms. The summed E-state index contributed by atoms with van der Waals surface area (Å²) in [5, 5.41) is 0. The van der Waals surface area contributed by atoms with E-state index in [-0.39, 0.29) is 0 Å². The molecule has 226 valence electrons. The predicted octanol–water partition coefficient (Wildman–Crippen LogP) is 6.34. The van der Waals surface area contributed by atoms with E-state index in [1.165, 1.54) is 0 Å². The molecule has 5 atom stereocenters. The molecule has 0 aliphatic carbocycles. The van der Waals surface area contributed by atoms with Crippen LogP contribution in [-0.2, 0) is 54.8 Å². The molecule has 0 spiro atoms. The smallest absolute Gasteiger partial charge is 0.186 e. The largest absolute Gasteiger partial charge is 0.497 e. The minimum Gasteiger partial charge on any atom is -0.497 e. The van der Waals surface area contributed by atoms with Crippen LogP contribution in [0.1, 0.15) is 22.3 Å². The van der Waals surface area contributed by atoms with Gasteiger partial charge in [0, 0.05) is 7.11 Å². The highest BCUT2D eigenvalue weighted by atomic mass is 16.7. The summed E-state index contributed by atoms with van der Waals surface area (Å²) in [6.45, 7) is 1.85. The third-order valence-electron chi connectivity index (χ3n) is 7.39. The monoisotopic (exact) mass is 584 g/mol. The number of rotatable bonds is 15. The van der Waals surface area contributed by atoms with Crippen LogP contribution in [0, 0.1) is 0 Å². The lowest BCUT2D eigenvalue weighted by molar-refractivity contribution is -0.323. The van der Waals surface area contributed by atoms with Gasteiger partial charge in [-0.3, -0.25) is 0 Å². The fraction of sp³-hybridized carbons (Fsp3) is 0.333. The predicted molar refractivity (Wildman–Crippen MR) is 163 cm³/mol. The van der Waals surface area contributed by atoms with E-state index in [1.807, 2.05) is 115 Å². The Morgan fingerprint density at radius 2 is 0.977 bits per heavy atom. The van der Waals surface area contributed by atoms with Crippen LogP contribution in [-0.4, -0.2) is 51.5 Å². The molecule has 0 aromatic heterocycles. The summed E-state index contributed by atoms with van der Waals surface area (Å²) in [6, 6.07) is 38.0. The van der Waals surface area contributed by atoms with Crippen molar-refractivity contribution in [2.24, 2.45) is 0 Å². The van der Waals surface area contributed by atoms with Crippen molar-refractivity contribution in [3.63, 3.8) is 0 Å². The van der Waals surface area contributed by atoms with Crippen molar-refractivity contribution in [1.82, 2.24) is 0 Å². The van der Waals surface area contributed by atoms with Gasteiger partial charge in [-0.2, -0.15) is 0 Å². The van der Waals surface area contributed by atoms with E-state index in [1.54, 1.807) is 14.2 Å². The van der Waals surface area contributed by atoms with Gasteiger partial charge in [0.25, 0.3) is 0 Å². The van der Waals surface area contributed by atoms with E-state index in [2.05, 4.69) is 0 Å². The first kappa shape index (κ1) is 30.9. The summed E-state index contributed by atoms with van der Waals surface area (Å²) in [7, 11) is 3.28. The van der Waals surface area contributed by atoms with Crippen LogP contribution in [0.5, 0.6) is 5.75 Å². The molecule has 0 N–H and O–H groups in total. The van der Waals surface area contributed by atoms with E-state index in [4.69, 9.17) is 33.2 Å². The Labute approximate surface area is 254 Å². The first-order valence-electron chi connectivity index (χ1n) is 14.6. The highest BCUT2D eigenvalue weighted by Gasteiger charge is 2.48. The average molecular weight is 585 g/mol. The molecule has 0 unspecified atom stereocenters. The molecular formula is C36H40O7. The zero-order valence-electron chi connectivity index (χ0n) is 24.7. The average Bonchev–Trinajstić information content (AvgIpc) is 3.07. The fourth-order valence-electron chi connectivity index (χ4n) is 5.08. The summed E-state index contributed by atoms with van der Waals surface area (Å²) in [6.07, 6.45) is -2.72. The minimum atomic E-state index is -0.685. The van der Waals surface area contributed by atoms with Crippen LogP contribution in [0.15, 0.2) is 115 Å². The molecule has 0 radical (unpaired) electrons. The highest BCUT2D eigenvalue weighted by Crippen LogP contribution is 2.31. The van der Waals surface area contributed by atoms with Crippen molar-refractivity contribution >= 4 is 0 Å². The molecule has 1 heterocycles. The van der Waals surface area contributed by atoms with Crippen molar-refractivity contribution in [2.45, 2.75) is 57.1 Å². The van der Waals surface area contributed by atoms with E-state index in [0.717, 1.165) is 28.0 Å². The summed E-state index contributed by atoms with van der Waals surface area (Å²) in [5.41, 5.74) is 4.18. The lowest BCUT2D eigenvalue weighted by atomic mass is 9.97. The number of ether oxygens (including phenoxy) is 7. The SMILES string of the molecule is COc1ccc(CO[C@H]2[C@H](OCc3ccccc3)[C@@H](OCc3ccccc3)[C@@H](OC)O[C@@H]2COCc2ccccc2)cc1. The lowest BCUT2D eigenvalue weighted by Gasteiger charge is -2.45. The fourth-order valence-corrected chi connectivity index (χ4v) is 5.08. The Hall–Kier alpha value is -3.56. The Morgan fingerprint density at radius 3 is 1.49 bits per heavy atom.